The van der Waals surface area contributed by atoms with Gasteiger partial charge in [0.25, 0.3) is 0 Å². The Bertz CT molecular complexity index is 235. The summed E-state index contributed by atoms with van der Waals surface area (Å²) in [5.41, 5.74) is 0. The zero-order valence-electron chi connectivity index (χ0n) is 8.58. The first-order valence-electron chi connectivity index (χ1n) is 5.18. The van der Waals surface area contributed by atoms with Crippen molar-refractivity contribution in [2.45, 2.75) is 36.7 Å². The zero-order chi connectivity index (χ0) is 10.2. The average Bonchev–Trinajstić information content (AvgIpc) is 2.20. The van der Waals surface area contributed by atoms with Crippen molar-refractivity contribution >= 4 is 22.6 Å². The quantitative estimate of drug-likeness (QED) is 0.430. The Hall–Kier alpha value is -0.250. The standard InChI is InChI=1S/C12H17IO/c1-2-3-5-10-12(13)14-11-8-6-4-7-9-11/h4,6-9,12H,2-3,5,10H2,1H3. The summed E-state index contributed by atoms with van der Waals surface area (Å²) in [6.45, 7) is 2.22. The molecule has 1 unspecified atom stereocenters. The van der Waals surface area contributed by atoms with Crippen LogP contribution in [0.4, 0.5) is 0 Å². The van der Waals surface area contributed by atoms with Gasteiger partial charge in [0.1, 0.15) is 9.86 Å². The molecule has 1 atom stereocenters. The second-order valence-corrected chi connectivity index (χ2v) is 4.73. The molecule has 0 spiro atoms. The molecule has 1 nitrogen and oxygen atoms in total. The Morgan fingerprint density at radius 1 is 1.21 bits per heavy atom. The molecular weight excluding hydrogens is 287 g/mol. The number of rotatable bonds is 6. The molecule has 0 aliphatic rings. The van der Waals surface area contributed by atoms with Crippen molar-refractivity contribution in [2.24, 2.45) is 0 Å². The largest absolute Gasteiger partial charge is 0.480 e. The number of halogens is 1. The van der Waals surface area contributed by atoms with Gasteiger partial charge in [-0.15, -0.1) is 0 Å². The lowest BCUT2D eigenvalue weighted by Crippen LogP contribution is -2.07. The highest BCUT2D eigenvalue weighted by atomic mass is 127. The van der Waals surface area contributed by atoms with E-state index in [1.54, 1.807) is 0 Å². The van der Waals surface area contributed by atoms with Crippen LogP contribution >= 0.6 is 22.6 Å². The number of hydrogen-bond donors (Lipinski definition) is 0. The van der Waals surface area contributed by atoms with Crippen molar-refractivity contribution < 1.29 is 4.74 Å². The third-order valence-corrected chi connectivity index (χ3v) is 2.92. The lowest BCUT2D eigenvalue weighted by molar-refractivity contribution is 0.287. The third-order valence-electron chi connectivity index (χ3n) is 2.04. The van der Waals surface area contributed by atoms with Gasteiger partial charge in [-0.3, -0.25) is 0 Å². The van der Waals surface area contributed by atoms with Gasteiger partial charge in [-0.2, -0.15) is 0 Å². The number of ether oxygens (including phenoxy) is 1. The van der Waals surface area contributed by atoms with Crippen LogP contribution in [0.3, 0.4) is 0 Å². The number of alkyl halides is 1. The maximum absolute atomic E-state index is 5.75. The van der Waals surface area contributed by atoms with E-state index < -0.39 is 0 Å². The van der Waals surface area contributed by atoms with E-state index in [4.69, 9.17) is 4.74 Å². The lowest BCUT2D eigenvalue weighted by Gasteiger charge is -2.12. The normalized spacial score (nSPS) is 12.4. The molecule has 0 saturated heterocycles. The van der Waals surface area contributed by atoms with Crippen LogP contribution in [0.25, 0.3) is 0 Å². The number of para-hydroxylation sites is 1. The molecule has 0 aromatic heterocycles. The molecule has 0 bridgehead atoms. The molecule has 0 fully saturated rings. The minimum Gasteiger partial charge on any atom is -0.480 e. The maximum Gasteiger partial charge on any atom is 0.149 e. The molecule has 0 aliphatic heterocycles. The van der Waals surface area contributed by atoms with Gasteiger partial charge in [0.15, 0.2) is 0 Å². The van der Waals surface area contributed by atoms with E-state index in [2.05, 4.69) is 29.5 Å². The summed E-state index contributed by atoms with van der Waals surface area (Å²) in [5, 5.41) is 0. The molecular formula is C12H17IO. The lowest BCUT2D eigenvalue weighted by atomic mass is 10.2. The van der Waals surface area contributed by atoms with E-state index in [1.807, 2.05) is 30.3 Å². The molecule has 0 N–H and O–H groups in total. The van der Waals surface area contributed by atoms with Crippen LogP contribution in [0.2, 0.25) is 0 Å². The first-order valence-corrected chi connectivity index (χ1v) is 6.43. The number of benzene rings is 1. The van der Waals surface area contributed by atoms with Crippen LogP contribution in [0, 0.1) is 0 Å². The average molecular weight is 304 g/mol. The maximum atomic E-state index is 5.75. The fourth-order valence-corrected chi connectivity index (χ4v) is 1.99. The summed E-state index contributed by atoms with van der Waals surface area (Å²) in [7, 11) is 0. The van der Waals surface area contributed by atoms with Crippen molar-refractivity contribution in [3.63, 3.8) is 0 Å². The van der Waals surface area contributed by atoms with E-state index in [1.165, 1.54) is 19.3 Å². The highest BCUT2D eigenvalue weighted by Crippen LogP contribution is 2.18. The van der Waals surface area contributed by atoms with Crippen LogP contribution in [0.1, 0.15) is 32.6 Å². The van der Waals surface area contributed by atoms with Crippen molar-refractivity contribution in [3.05, 3.63) is 30.3 Å². The Balaban J connectivity index is 2.23. The predicted molar refractivity (Wildman–Crippen MR) is 69.0 cm³/mol. The second kappa shape index (κ2) is 7.10. The van der Waals surface area contributed by atoms with Crippen molar-refractivity contribution in [3.8, 4) is 5.75 Å². The van der Waals surface area contributed by atoms with E-state index >= 15 is 0 Å². The summed E-state index contributed by atoms with van der Waals surface area (Å²) in [6, 6.07) is 10.0. The topological polar surface area (TPSA) is 9.23 Å². The van der Waals surface area contributed by atoms with Crippen molar-refractivity contribution in [2.75, 3.05) is 0 Å². The Morgan fingerprint density at radius 2 is 1.93 bits per heavy atom. The molecule has 2 heteroatoms. The highest BCUT2D eigenvalue weighted by Gasteiger charge is 2.04. The number of hydrogen-bond acceptors (Lipinski definition) is 1. The summed E-state index contributed by atoms with van der Waals surface area (Å²) in [6.07, 6.45) is 4.98. The summed E-state index contributed by atoms with van der Waals surface area (Å²) < 4.78 is 6.05. The molecule has 1 aromatic carbocycles. The molecule has 1 aromatic rings. The minimum atomic E-state index is 0.307. The van der Waals surface area contributed by atoms with E-state index in [0.717, 1.165) is 12.2 Å². The van der Waals surface area contributed by atoms with Gasteiger partial charge in [0, 0.05) is 0 Å². The highest BCUT2D eigenvalue weighted by molar-refractivity contribution is 14.1. The molecule has 1 rings (SSSR count). The van der Waals surface area contributed by atoms with Gasteiger partial charge < -0.3 is 4.74 Å². The van der Waals surface area contributed by atoms with Gasteiger partial charge in [0.2, 0.25) is 0 Å². The van der Waals surface area contributed by atoms with Gasteiger partial charge in [-0.05, 0) is 47.6 Å². The molecule has 0 radical (unpaired) electrons. The first-order chi connectivity index (χ1) is 6.83. The van der Waals surface area contributed by atoms with Crippen LogP contribution in [-0.2, 0) is 0 Å². The summed E-state index contributed by atoms with van der Waals surface area (Å²) in [5.74, 6) is 0.975. The fraction of sp³-hybridized carbons (Fsp3) is 0.500. The van der Waals surface area contributed by atoms with E-state index in [-0.39, 0.29) is 0 Å². The van der Waals surface area contributed by atoms with Gasteiger partial charge >= 0.3 is 0 Å². The Kier molecular flexibility index (Phi) is 5.99. The molecule has 0 aliphatic carbocycles. The van der Waals surface area contributed by atoms with Crippen molar-refractivity contribution in [1.29, 1.82) is 0 Å². The second-order valence-electron chi connectivity index (χ2n) is 3.34. The van der Waals surface area contributed by atoms with Crippen LogP contribution in [0.15, 0.2) is 30.3 Å². The summed E-state index contributed by atoms with van der Waals surface area (Å²) in [4.78, 5) is 0. The van der Waals surface area contributed by atoms with Crippen molar-refractivity contribution in [1.82, 2.24) is 0 Å². The Morgan fingerprint density at radius 3 is 2.57 bits per heavy atom. The van der Waals surface area contributed by atoms with Crippen LogP contribution in [0.5, 0.6) is 5.75 Å². The predicted octanol–water partition coefficient (Wildman–Crippen LogP) is 4.41. The zero-order valence-corrected chi connectivity index (χ0v) is 10.7. The molecule has 78 valence electrons. The van der Waals surface area contributed by atoms with Crippen LogP contribution < -0.4 is 4.74 Å². The molecule has 0 heterocycles. The number of unbranched alkanes of at least 4 members (excludes halogenated alkanes) is 2. The summed E-state index contributed by atoms with van der Waals surface area (Å²) >= 11 is 2.36. The van der Waals surface area contributed by atoms with E-state index in [0.29, 0.717) is 4.11 Å². The smallest absolute Gasteiger partial charge is 0.149 e. The fourth-order valence-electron chi connectivity index (χ4n) is 1.26. The SMILES string of the molecule is CCCCCC(I)Oc1ccccc1. The van der Waals surface area contributed by atoms with E-state index in [9.17, 15) is 0 Å². The van der Waals surface area contributed by atoms with Crippen LogP contribution in [-0.4, -0.2) is 4.11 Å². The van der Waals surface area contributed by atoms with Gasteiger partial charge in [-0.25, -0.2) is 0 Å². The minimum absolute atomic E-state index is 0.307. The van der Waals surface area contributed by atoms with Gasteiger partial charge in [0.05, 0.1) is 0 Å². The molecule has 14 heavy (non-hydrogen) atoms. The monoisotopic (exact) mass is 304 g/mol. The Labute approximate surface area is 100.0 Å². The van der Waals surface area contributed by atoms with Gasteiger partial charge in [-0.1, -0.05) is 38.0 Å². The first kappa shape index (κ1) is 11.8. The third kappa shape index (κ3) is 4.84. The molecule has 0 saturated carbocycles. The molecule has 0 amide bonds.